The Morgan fingerprint density at radius 3 is 2.76 bits per heavy atom. The second-order valence-corrected chi connectivity index (χ2v) is 4.82. The smallest absolute Gasteiger partial charge is 0.259 e. The number of isocyanates is 1. The monoisotopic (exact) mass is 279 g/mol. The number of hydrogen-bond donors (Lipinski definition) is 1. The van der Waals surface area contributed by atoms with Gasteiger partial charge in [-0.1, -0.05) is 6.07 Å². The Bertz CT molecular complexity index is 797. The average molecular weight is 279 g/mol. The van der Waals surface area contributed by atoms with Crippen LogP contribution in [0.15, 0.2) is 41.5 Å². The van der Waals surface area contributed by atoms with Gasteiger partial charge < -0.3 is 9.88 Å². The Morgan fingerprint density at radius 2 is 2.10 bits per heavy atom. The predicted molar refractivity (Wildman–Crippen MR) is 80.9 cm³/mol. The van der Waals surface area contributed by atoms with Crippen molar-refractivity contribution in [1.82, 2.24) is 4.98 Å². The highest BCUT2D eigenvalue weighted by molar-refractivity contribution is 6.38. The lowest BCUT2D eigenvalue weighted by Crippen LogP contribution is -2.20. The number of likely N-dealkylation sites (N-methyl/N-ethyl adjacent to an activating group) is 1. The van der Waals surface area contributed by atoms with Crippen molar-refractivity contribution in [3.8, 4) is 0 Å². The maximum Gasteiger partial charge on any atom is 0.259 e. The molecule has 1 aliphatic rings. The van der Waals surface area contributed by atoms with Gasteiger partial charge in [0.1, 0.15) is 0 Å². The lowest BCUT2D eigenvalue weighted by molar-refractivity contribution is -0.112. The third-order valence-corrected chi connectivity index (χ3v) is 3.69. The van der Waals surface area contributed by atoms with E-state index in [1.807, 2.05) is 25.1 Å². The Hall–Kier alpha value is -2.91. The molecule has 5 heteroatoms. The zero-order chi connectivity index (χ0) is 15.0. The number of nitrogens with zero attached hydrogens (tertiary/aromatic N) is 2. The van der Waals surface area contributed by atoms with Crippen molar-refractivity contribution in [3.63, 3.8) is 0 Å². The van der Waals surface area contributed by atoms with E-state index in [-0.39, 0.29) is 5.91 Å². The molecule has 0 spiro atoms. The molecular weight excluding hydrogens is 266 g/mol. The molecule has 21 heavy (non-hydrogen) atoms. The number of aromatic nitrogens is 1. The Kier molecular flexibility index (Phi) is 3.05. The largest absolute Gasteiger partial charge is 0.361 e. The summed E-state index contributed by atoms with van der Waals surface area (Å²) in [6.07, 6.45) is 3.36. The highest BCUT2D eigenvalue weighted by Gasteiger charge is 2.33. The molecule has 0 atom stereocenters. The molecule has 2 heterocycles. The van der Waals surface area contributed by atoms with Crippen molar-refractivity contribution < 1.29 is 9.59 Å². The van der Waals surface area contributed by atoms with Gasteiger partial charge in [0.05, 0.1) is 16.9 Å². The van der Waals surface area contributed by atoms with Gasteiger partial charge in [0.2, 0.25) is 6.08 Å². The summed E-state index contributed by atoms with van der Waals surface area (Å²) in [6, 6.07) is 9.09. The molecular formula is C16H13N3O2. The first-order valence-electron chi connectivity index (χ1n) is 6.49. The molecule has 2 aromatic rings. The van der Waals surface area contributed by atoms with Crippen LogP contribution in [0.1, 0.15) is 18.2 Å². The third-order valence-electron chi connectivity index (χ3n) is 3.69. The fourth-order valence-electron chi connectivity index (χ4n) is 2.64. The van der Waals surface area contributed by atoms with Gasteiger partial charge in [0, 0.05) is 24.5 Å². The summed E-state index contributed by atoms with van der Waals surface area (Å²) in [6.45, 7) is 1.88. The average Bonchev–Trinajstić information content (AvgIpc) is 3.09. The fraction of sp³-hybridized carbons (Fsp3) is 0.125. The van der Waals surface area contributed by atoms with E-state index in [2.05, 4.69) is 9.98 Å². The van der Waals surface area contributed by atoms with Crippen LogP contribution in [0.3, 0.4) is 0 Å². The zero-order valence-corrected chi connectivity index (χ0v) is 11.7. The number of amides is 1. The van der Waals surface area contributed by atoms with Crippen molar-refractivity contribution >= 4 is 34.5 Å². The molecule has 0 unspecified atom stereocenters. The summed E-state index contributed by atoms with van der Waals surface area (Å²) in [5.74, 6) is -0.106. The van der Waals surface area contributed by atoms with Crippen LogP contribution in [0.2, 0.25) is 0 Å². The number of fused-ring (bicyclic) bond motifs is 1. The maximum atomic E-state index is 12.6. The van der Waals surface area contributed by atoms with Gasteiger partial charge in [-0.2, -0.15) is 4.99 Å². The van der Waals surface area contributed by atoms with Crippen LogP contribution in [0, 0.1) is 0 Å². The van der Waals surface area contributed by atoms with E-state index in [1.165, 1.54) is 0 Å². The standard InChI is InChI=1S/C16H13N3O2/c1-10(11-6-4-8-17-11)14-15-12(18-9-20)5-3-7-13(15)19(2)16(14)21/h3-8,17H,1-2H3. The second-order valence-electron chi connectivity index (χ2n) is 4.82. The number of carbonyl (C=O) groups is 1. The second kappa shape index (κ2) is 4.89. The predicted octanol–water partition coefficient (Wildman–Crippen LogP) is 2.89. The molecule has 5 nitrogen and oxygen atoms in total. The van der Waals surface area contributed by atoms with Crippen molar-refractivity contribution in [2.75, 3.05) is 11.9 Å². The summed E-state index contributed by atoms with van der Waals surface area (Å²) in [4.78, 5) is 31.6. The van der Waals surface area contributed by atoms with Crippen molar-refractivity contribution in [2.24, 2.45) is 4.99 Å². The van der Waals surface area contributed by atoms with Crippen LogP contribution in [0.25, 0.3) is 11.1 Å². The van der Waals surface area contributed by atoms with Gasteiger partial charge in [-0.15, -0.1) is 0 Å². The first-order valence-corrected chi connectivity index (χ1v) is 6.49. The van der Waals surface area contributed by atoms with E-state index in [0.29, 0.717) is 16.8 Å². The van der Waals surface area contributed by atoms with E-state index in [4.69, 9.17) is 0 Å². The molecule has 1 aromatic carbocycles. The first kappa shape index (κ1) is 13.1. The lowest BCUT2D eigenvalue weighted by atomic mass is 9.98. The van der Waals surface area contributed by atoms with Crippen LogP contribution >= 0.6 is 0 Å². The lowest BCUT2D eigenvalue weighted by Gasteiger charge is -2.08. The molecule has 1 aliphatic heterocycles. The molecule has 0 fully saturated rings. The van der Waals surface area contributed by atoms with E-state index in [9.17, 15) is 9.59 Å². The number of aliphatic imine (C=N–C) groups is 1. The minimum Gasteiger partial charge on any atom is -0.361 e. The number of rotatable bonds is 2. The topological polar surface area (TPSA) is 65.5 Å². The van der Waals surface area contributed by atoms with E-state index >= 15 is 0 Å². The Balaban J connectivity index is 2.34. The summed E-state index contributed by atoms with van der Waals surface area (Å²) < 4.78 is 0. The van der Waals surface area contributed by atoms with E-state index < -0.39 is 0 Å². The maximum absolute atomic E-state index is 12.6. The number of aromatic amines is 1. The van der Waals surface area contributed by atoms with Crippen LogP contribution < -0.4 is 4.90 Å². The van der Waals surface area contributed by atoms with Crippen LogP contribution in [0.5, 0.6) is 0 Å². The number of H-pyrrole nitrogens is 1. The van der Waals surface area contributed by atoms with Crippen LogP contribution in [-0.2, 0) is 9.59 Å². The van der Waals surface area contributed by atoms with Gasteiger partial charge in [0.25, 0.3) is 5.91 Å². The van der Waals surface area contributed by atoms with Crippen molar-refractivity contribution in [2.45, 2.75) is 6.92 Å². The highest BCUT2D eigenvalue weighted by Crippen LogP contribution is 2.44. The Labute approximate surface area is 121 Å². The quantitative estimate of drug-likeness (QED) is 0.522. The molecule has 0 aliphatic carbocycles. The number of benzene rings is 1. The minimum atomic E-state index is -0.106. The van der Waals surface area contributed by atoms with Crippen LogP contribution in [-0.4, -0.2) is 24.0 Å². The van der Waals surface area contributed by atoms with Gasteiger partial charge in [-0.25, -0.2) is 4.79 Å². The summed E-state index contributed by atoms with van der Waals surface area (Å²) in [5.41, 5.74) is 4.14. The molecule has 0 saturated carbocycles. The van der Waals surface area contributed by atoms with E-state index in [0.717, 1.165) is 17.0 Å². The van der Waals surface area contributed by atoms with Crippen LogP contribution in [0.4, 0.5) is 11.4 Å². The molecule has 1 N–H and O–H groups in total. The molecule has 1 aromatic heterocycles. The zero-order valence-electron chi connectivity index (χ0n) is 11.7. The summed E-state index contributed by atoms with van der Waals surface area (Å²) in [5, 5.41) is 0. The Morgan fingerprint density at radius 1 is 1.29 bits per heavy atom. The first-order chi connectivity index (χ1) is 10.1. The normalized spacial score (nSPS) is 15.7. The van der Waals surface area contributed by atoms with E-state index in [1.54, 1.807) is 36.4 Å². The molecule has 0 radical (unpaired) electrons. The number of carbonyl (C=O) groups excluding carboxylic acids is 2. The number of anilines is 1. The summed E-state index contributed by atoms with van der Waals surface area (Å²) in [7, 11) is 1.71. The highest BCUT2D eigenvalue weighted by atomic mass is 16.2. The van der Waals surface area contributed by atoms with Gasteiger partial charge in [0.15, 0.2) is 0 Å². The van der Waals surface area contributed by atoms with Crippen molar-refractivity contribution in [1.29, 1.82) is 0 Å². The SMILES string of the molecule is CC(=C1C(=O)N(C)c2cccc(N=C=O)c21)c1ccc[nH]1. The molecule has 0 bridgehead atoms. The number of nitrogens with one attached hydrogen (secondary N) is 1. The third kappa shape index (κ3) is 1.91. The number of hydrogen-bond acceptors (Lipinski definition) is 3. The van der Waals surface area contributed by atoms with Gasteiger partial charge in [-0.3, -0.25) is 4.79 Å². The molecule has 0 saturated heterocycles. The molecule has 1 amide bonds. The fourth-order valence-corrected chi connectivity index (χ4v) is 2.64. The number of allylic oxidation sites excluding steroid dienone is 1. The van der Waals surface area contributed by atoms with Gasteiger partial charge in [-0.05, 0) is 36.8 Å². The molecule has 3 rings (SSSR count). The summed E-state index contributed by atoms with van der Waals surface area (Å²) >= 11 is 0. The van der Waals surface area contributed by atoms with Crippen molar-refractivity contribution in [3.05, 3.63) is 47.8 Å². The van der Waals surface area contributed by atoms with Gasteiger partial charge >= 0.3 is 0 Å². The minimum absolute atomic E-state index is 0.106. The molecule has 104 valence electrons.